The fourth-order valence-corrected chi connectivity index (χ4v) is 0.794. The van der Waals surface area contributed by atoms with Crippen molar-refractivity contribution in [1.29, 1.82) is 0 Å². The first-order valence-corrected chi connectivity index (χ1v) is 4.26. The Kier molecular flexibility index (Phi) is 6.15. The highest BCUT2D eigenvalue weighted by Gasteiger charge is 1.96. The van der Waals surface area contributed by atoms with Crippen LogP contribution in [0.5, 0.6) is 0 Å². The fraction of sp³-hybridized carbons (Fsp3) is 0.667. The maximum Gasteiger partial charge on any atom is 0.137 e. The summed E-state index contributed by atoms with van der Waals surface area (Å²) in [5.41, 5.74) is 0. The first kappa shape index (κ1) is 11.0. The molecule has 0 saturated carbocycles. The summed E-state index contributed by atoms with van der Waals surface area (Å²) in [5.74, 6) is -1.26. The van der Waals surface area contributed by atoms with E-state index in [1.807, 2.05) is 6.92 Å². The zero-order valence-corrected chi connectivity index (χ0v) is 7.63. The number of ether oxygens (including phenoxy) is 1. The summed E-state index contributed by atoms with van der Waals surface area (Å²) in [5, 5.41) is 10.4. The van der Waals surface area contributed by atoms with E-state index in [0.29, 0.717) is 6.61 Å². The zero-order chi connectivity index (χ0) is 9.40. The van der Waals surface area contributed by atoms with E-state index in [9.17, 15) is 9.90 Å². The number of aliphatic carboxylic acids is 1. The molecule has 3 nitrogen and oxygen atoms in total. The first-order chi connectivity index (χ1) is 5.72. The van der Waals surface area contributed by atoms with E-state index in [1.54, 1.807) is 13.0 Å². The monoisotopic (exact) mass is 171 g/mol. The van der Waals surface area contributed by atoms with Crippen LogP contribution in [0.15, 0.2) is 11.8 Å². The predicted molar refractivity (Wildman–Crippen MR) is 44.2 cm³/mol. The van der Waals surface area contributed by atoms with Gasteiger partial charge in [-0.05, 0) is 25.8 Å². The summed E-state index contributed by atoms with van der Waals surface area (Å²) in [6, 6.07) is 0. The Morgan fingerprint density at radius 3 is 2.58 bits per heavy atom. The predicted octanol–water partition coefficient (Wildman–Crippen LogP) is 0.847. The minimum absolute atomic E-state index is 0.0362. The largest absolute Gasteiger partial charge is 0.542 e. The molecule has 0 atom stereocenters. The van der Waals surface area contributed by atoms with Crippen LogP contribution in [0, 0.1) is 0 Å². The normalized spacial score (nSPS) is 11.3. The Bertz CT molecular complexity index is 161. The molecular formula is C9H15O3-. The maximum atomic E-state index is 10.4. The maximum absolute atomic E-state index is 10.4. The van der Waals surface area contributed by atoms with Gasteiger partial charge in [-0.15, -0.1) is 0 Å². The standard InChI is InChI=1S/C9H16O3/c1-3-5-6-7-8(9(10)11)12-4-2/h7H,3-6H2,1-2H3,(H,10,11)/p-1/b8-7-. The SMILES string of the molecule is CCCC/C=C(\OCC)C(=O)[O-]. The molecule has 0 saturated heterocycles. The highest BCUT2D eigenvalue weighted by atomic mass is 16.5. The van der Waals surface area contributed by atoms with Crippen molar-refractivity contribution in [3.05, 3.63) is 11.8 Å². The van der Waals surface area contributed by atoms with E-state index in [0.717, 1.165) is 19.3 Å². The summed E-state index contributed by atoms with van der Waals surface area (Å²) >= 11 is 0. The Morgan fingerprint density at radius 1 is 1.50 bits per heavy atom. The van der Waals surface area contributed by atoms with Crippen molar-refractivity contribution in [2.75, 3.05) is 6.61 Å². The van der Waals surface area contributed by atoms with Crippen LogP contribution in [-0.2, 0) is 9.53 Å². The summed E-state index contributed by atoms with van der Waals surface area (Å²) in [7, 11) is 0. The molecule has 0 fully saturated rings. The molecule has 0 rings (SSSR count). The Balaban J connectivity index is 3.90. The lowest BCUT2D eigenvalue weighted by atomic mass is 10.2. The van der Waals surface area contributed by atoms with Crippen LogP contribution in [0.2, 0.25) is 0 Å². The highest BCUT2D eigenvalue weighted by Crippen LogP contribution is 2.02. The van der Waals surface area contributed by atoms with Gasteiger partial charge in [0.2, 0.25) is 0 Å². The fourth-order valence-electron chi connectivity index (χ4n) is 0.794. The van der Waals surface area contributed by atoms with Gasteiger partial charge < -0.3 is 14.6 Å². The molecule has 0 bridgehead atoms. The van der Waals surface area contributed by atoms with Gasteiger partial charge in [0.25, 0.3) is 0 Å². The highest BCUT2D eigenvalue weighted by molar-refractivity contribution is 5.82. The average Bonchev–Trinajstić information content (AvgIpc) is 2.03. The first-order valence-electron chi connectivity index (χ1n) is 4.26. The van der Waals surface area contributed by atoms with Crippen molar-refractivity contribution in [2.24, 2.45) is 0 Å². The number of carbonyl (C=O) groups is 1. The summed E-state index contributed by atoms with van der Waals surface area (Å²) in [4.78, 5) is 10.4. The number of carboxylic acid groups (broad SMARTS) is 1. The van der Waals surface area contributed by atoms with Crippen molar-refractivity contribution in [3.63, 3.8) is 0 Å². The lowest BCUT2D eigenvalue weighted by Crippen LogP contribution is -2.25. The van der Waals surface area contributed by atoms with Crippen LogP contribution in [0.3, 0.4) is 0 Å². The van der Waals surface area contributed by atoms with E-state index in [-0.39, 0.29) is 5.76 Å². The van der Waals surface area contributed by atoms with Crippen LogP contribution < -0.4 is 5.11 Å². The third-order valence-corrected chi connectivity index (χ3v) is 1.39. The minimum atomic E-state index is -1.23. The van der Waals surface area contributed by atoms with Gasteiger partial charge in [-0.25, -0.2) is 0 Å². The second kappa shape index (κ2) is 6.70. The lowest BCUT2D eigenvalue weighted by molar-refractivity contribution is -0.303. The Morgan fingerprint density at radius 2 is 2.17 bits per heavy atom. The number of hydrogen-bond donors (Lipinski definition) is 0. The molecule has 0 aromatic heterocycles. The van der Waals surface area contributed by atoms with Gasteiger partial charge in [0.1, 0.15) is 11.7 Å². The number of allylic oxidation sites excluding steroid dienone is 1. The molecular weight excluding hydrogens is 156 g/mol. The number of carbonyl (C=O) groups excluding carboxylic acids is 1. The van der Waals surface area contributed by atoms with Crippen LogP contribution >= 0.6 is 0 Å². The Hall–Kier alpha value is -0.990. The van der Waals surface area contributed by atoms with Crippen molar-refractivity contribution in [3.8, 4) is 0 Å². The minimum Gasteiger partial charge on any atom is -0.542 e. The van der Waals surface area contributed by atoms with Crippen molar-refractivity contribution in [2.45, 2.75) is 33.1 Å². The number of carboxylic acids is 1. The molecule has 3 heteroatoms. The molecule has 0 N–H and O–H groups in total. The van der Waals surface area contributed by atoms with Gasteiger partial charge in [-0.2, -0.15) is 0 Å². The van der Waals surface area contributed by atoms with Crippen LogP contribution in [0.25, 0.3) is 0 Å². The second-order valence-electron chi connectivity index (χ2n) is 2.43. The van der Waals surface area contributed by atoms with Gasteiger partial charge in [-0.1, -0.05) is 13.3 Å². The van der Waals surface area contributed by atoms with Gasteiger partial charge >= 0.3 is 0 Å². The van der Waals surface area contributed by atoms with E-state index in [2.05, 4.69) is 0 Å². The molecule has 0 spiro atoms. The molecule has 0 radical (unpaired) electrons. The molecule has 0 aliphatic heterocycles. The molecule has 0 amide bonds. The molecule has 70 valence electrons. The smallest absolute Gasteiger partial charge is 0.137 e. The van der Waals surface area contributed by atoms with Crippen LogP contribution in [-0.4, -0.2) is 12.6 Å². The molecule has 12 heavy (non-hydrogen) atoms. The van der Waals surface area contributed by atoms with Crippen molar-refractivity contribution < 1.29 is 14.6 Å². The summed E-state index contributed by atoms with van der Waals surface area (Å²) in [6.07, 6.45) is 4.33. The van der Waals surface area contributed by atoms with Gasteiger partial charge in [0.05, 0.1) is 6.61 Å². The van der Waals surface area contributed by atoms with Crippen LogP contribution in [0.4, 0.5) is 0 Å². The summed E-state index contributed by atoms with van der Waals surface area (Å²) in [6.45, 7) is 4.16. The van der Waals surface area contributed by atoms with Gasteiger partial charge in [0, 0.05) is 0 Å². The second-order valence-corrected chi connectivity index (χ2v) is 2.43. The zero-order valence-electron chi connectivity index (χ0n) is 7.63. The van der Waals surface area contributed by atoms with E-state index in [1.165, 1.54) is 0 Å². The molecule has 0 heterocycles. The van der Waals surface area contributed by atoms with E-state index < -0.39 is 5.97 Å². The molecule has 0 aliphatic rings. The third kappa shape index (κ3) is 4.77. The molecule has 0 aliphatic carbocycles. The van der Waals surface area contributed by atoms with Crippen molar-refractivity contribution >= 4 is 5.97 Å². The molecule has 0 aromatic rings. The summed E-state index contributed by atoms with van der Waals surface area (Å²) < 4.78 is 4.85. The molecule has 0 aromatic carbocycles. The Labute approximate surface area is 73.0 Å². The van der Waals surface area contributed by atoms with Gasteiger partial charge in [0.15, 0.2) is 0 Å². The van der Waals surface area contributed by atoms with E-state index >= 15 is 0 Å². The number of rotatable bonds is 6. The van der Waals surface area contributed by atoms with Gasteiger partial charge in [-0.3, -0.25) is 0 Å². The van der Waals surface area contributed by atoms with Crippen molar-refractivity contribution in [1.82, 2.24) is 0 Å². The third-order valence-electron chi connectivity index (χ3n) is 1.39. The topological polar surface area (TPSA) is 49.4 Å². The molecule has 0 unspecified atom stereocenters. The quantitative estimate of drug-likeness (QED) is 0.338. The average molecular weight is 171 g/mol. The van der Waals surface area contributed by atoms with E-state index in [4.69, 9.17) is 4.74 Å². The van der Waals surface area contributed by atoms with Crippen LogP contribution in [0.1, 0.15) is 33.1 Å². The number of unbranched alkanes of at least 4 members (excludes halogenated alkanes) is 2. The lowest BCUT2D eigenvalue weighted by Gasteiger charge is -2.08. The number of hydrogen-bond acceptors (Lipinski definition) is 3.